The zero-order chi connectivity index (χ0) is 29.4. The third-order valence-electron chi connectivity index (χ3n) is 8.10. The first kappa shape index (κ1) is 28.3. The lowest BCUT2D eigenvalue weighted by Gasteiger charge is -2.44. The average molecular weight is 606 g/mol. The van der Waals surface area contributed by atoms with Crippen LogP contribution in [0.1, 0.15) is 41.8 Å². The largest absolute Gasteiger partial charge is 0.477 e. The van der Waals surface area contributed by atoms with Crippen molar-refractivity contribution in [1.29, 1.82) is 0 Å². The van der Waals surface area contributed by atoms with Gasteiger partial charge in [0.1, 0.15) is 9.77 Å². The Kier molecular flexibility index (Phi) is 7.69. The molecule has 12 heteroatoms. The molecule has 2 aliphatic rings. The number of rotatable bonds is 7. The van der Waals surface area contributed by atoms with Crippen LogP contribution >= 0.6 is 11.3 Å². The van der Waals surface area contributed by atoms with Crippen molar-refractivity contribution >= 4 is 38.9 Å². The minimum Gasteiger partial charge on any atom is -0.477 e. The molecule has 0 radical (unpaired) electrons. The van der Waals surface area contributed by atoms with Gasteiger partial charge in [-0.3, -0.25) is 14.5 Å². The second kappa shape index (κ2) is 11.4. The highest BCUT2D eigenvalue weighted by atomic mass is 32.2. The van der Waals surface area contributed by atoms with Crippen molar-refractivity contribution in [2.24, 2.45) is 13.0 Å². The summed E-state index contributed by atoms with van der Waals surface area (Å²) in [5, 5.41) is 14.3. The summed E-state index contributed by atoms with van der Waals surface area (Å²) in [7, 11) is -2.25. The fourth-order valence-corrected chi connectivity index (χ4v) is 8.35. The van der Waals surface area contributed by atoms with Crippen molar-refractivity contribution in [2.75, 3.05) is 18.0 Å². The van der Waals surface area contributed by atoms with Crippen molar-refractivity contribution < 1.29 is 23.1 Å². The third kappa shape index (κ3) is 5.37. The van der Waals surface area contributed by atoms with E-state index in [2.05, 4.69) is 10.1 Å². The lowest BCUT2D eigenvalue weighted by molar-refractivity contribution is -0.121. The maximum absolute atomic E-state index is 13.9. The van der Waals surface area contributed by atoms with Crippen molar-refractivity contribution in [1.82, 2.24) is 19.1 Å². The molecule has 1 saturated carbocycles. The minimum absolute atomic E-state index is 0.00640. The van der Waals surface area contributed by atoms with Crippen LogP contribution in [0.15, 0.2) is 72.0 Å². The van der Waals surface area contributed by atoms with E-state index in [1.807, 2.05) is 30.3 Å². The van der Waals surface area contributed by atoms with Crippen LogP contribution in [0.5, 0.6) is 0 Å². The number of carboxylic acids is 1. The van der Waals surface area contributed by atoms with Crippen molar-refractivity contribution in [3.05, 3.63) is 72.0 Å². The van der Waals surface area contributed by atoms with Crippen LogP contribution in [0.4, 0.5) is 5.69 Å². The first-order chi connectivity index (χ1) is 20.2. The molecule has 218 valence electrons. The summed E-state index contributed by atoms with van der Waals surface area (Å²) in [5.74, 6) is -1.49. The summed E-state index contributed by atoms with van der Waals surface area (Å²) in [6.45, 7) is -0.301. The van der Waals surface area contributed by atoms with Crippen LogP contribution in [0.2, 0.25) is 0 Å². The number of hydrogen-bond donors (Lipinski definition) is 1. The summed E-state index contributed by atoms with van der Waals surface area (Å²) in [4.78, 5) is 33.1. The monoisotopic (exact) mass is 605 g/mol. The van der Waals surface area contributed by atoms with E-state index < -0.39 is 27.9 Å². The van der Waals surface area contributed by atoms with E-state index in [9.17, 15) is 23.1 Å². The lowest BCUT2D eigenvalue weighted by atomic mass is 9.82. The van der Waals surface area contributed by atoms with Gasteiger partial charge in [-0.1, -0.05) is 49.6 Å². The molecule has 4 aromatic rings. The summed E-state index contributed by atoms with van der Waals surface area (Å²) in [6.07, 6.45) is 9.53. The van der Waals surface area contributed by atoms with Crippen molar-refractivity contribution in [3.8, 4) is 21.7 Å². The average Bonchev–Trinajstić information content (AvgIpc) is 3.65. The molecular formula is C30H31N5O5S2. The fourth-order valence-electron chi connectivity index (χ4n) is 6.01. The normalized spacial score (nSPS) is 18.8. The van der Waals surface area contributed by atoms with Crippen LogP contribution in [0.25, 0.3) is 21.7 Å². The molecule has 0 unspecified atom stereocenters. The van der Waals surface area contributed by atoms with Gasteiger partial charge in [-0.2, -0.15) is 9.40 Å². The Labute approximate surface area is 248 Å². The highest BCUT2D eigenvalue weighted by Gasteiger charge is 2.44. The number of benzene rings is 1. The maximum atomic E-state index is 13.9. The molecule has 6 rings (SSSR count). The number of pyridine rings is 1. The standard InChI is InChI=1S/C30H31N5O5S2/c1-33-17-22(15-32-33)24-13-12-23(16-31-24)42(39,40)34-18-26(20-8-4-2-5-9-20)35(28(36)19-34)25-14-27(41-29(25)30(37)38)21-10-6-3-7-11-21/h3,6-7,10-17,20,26H,2,4-5,8-9,18-19H2,1H3,(H,37,38)/t26-/m0/s1. The van der Waals surface area contributed by atoms with Gasteiger partial charge in [0.2, 0.25) is 15.9 Å². The van der Waals surface area contributed by atoms with Gasteiger partial charge in [-0.05, 0) is 42.5 Å². The summed E-state index contributed by atoms with van der Waals surface area (Å²) >= 11 is 1.13. The van der Waals surface area contributed by atoms with Crippen molar-refractivity contribution in [2.45, 2.75) is 43.0 Å². The van der Waals surface area contributed by atoms with E-state index in [1.54, 1.807) is 41.2 Å². The number of piperazine rings is 1. The quantitative estimate of drug-likeness (QED) is 0.318. The number of sulfonamides is 1. The number of carboxylic acid groups (broad SMARTS) is 1. The Morgan fingerprint density at radius 2 is 1.79 bits per heavy atom. The number of aromatic nitrogens is 3. The number of carbonyl (C=O) groups excluding carboxylic acids is 1. The van der Waals surface area contributed by atoms with Gasteiger partial charge in [-0.25, -0.2) is 13.2 Å². The molecule has 1 aliphatic carbocycles. The Hall–Kier alpha value is -3.87. The van der Waals surface area contributed by atoms with Gasteiger partial charge in [0, 0.05) is 36.4 Å². The molecule has 2 fully saturated rings. The Morgan fingerprint density at radius 1 is 1.02 bits per heavy atom. The molecule has 1 saturated heterocycles. The minimum atomic E-state index is -4.04. The Balaban J connectivity index is 1.35. The fraction of sp³-hybridized carbons (Fsp3) is 0.333. The molecule has 4 heterocycles. The molecule has 10 nitrogen and oxygen atoms in total. The predicted octanol–water partition coefficient (Wildman–Crippen LogP) is 4.90. The predicted molar refractivity (Wildman–Crippen MR) is 160 cm³/mol. The van der Waals surface area contributed by atoms with E-state index in [4.69, 9.17) is 0 Å². The molecule has 1 atom stereocenters. The molecule has 1 N–H and O–H groups in total. The van der Waals surface area contributed by atoms with Gasteiger partial charge in [0.05, 0.1) is 30.2 Å². The summed E-state index contributed by atoms with van der Waals surface area (Å²) in [6, 6.07) is 13.9. The number of aromatic carboxylic acids is 1. The van der Waals surface area contributed by atoms with E-state index in [0.29, 0.717) is 11.4 Å². The highest BCUT2D eigenvalue weighted by Crippen LogP contribution is 2.42. The van der Waals surface area contributed by atoms with E-state index in [0.717, 1.165) is 59.4 Å². The third-order valence-corrected chi connectivity index (χ3v) is 11.1. The summed E-state index contributed by atoms with van der Waals surface area (Å²) < 4.78 is 30.5. The molecule has 0 bridgehead atoms. The van der Waals surface area contributed by atoms with E-state index in [1.165, 1.54) is 16.6 Å². The van der Waals surface area contributed by atoms with Gasteiger partial charge < -0.3 is 10.0 Å². The topological polar surface area (TPSA) is 126 Å². The zero-order valence-corrected chi connectivity index (χ0v) is 24.7. The van der Waals surface area contributed by atoms with Crippen LogP contribution < -0.4 is 4.90 Å². The molecule has 0 spiro atoms. The molecular weight excluding hydrogens is 574 g/mol. The first-order valence-electron chi connectivity index (χ1n) is 13.9. The van der Waals surface area contributed by atoms with Crippen LogP contribution in [0, 0.1) is 5.92 Å². The van der Waals surface area contributed by atoms with Crippen molar-refractivity contribution in [3.63, 3.8) is 0 Å². The number of carbonyl (C=O) groups is 2. The van der Waals surface area contributed by atoms with Gasteiger partial charge in [-0.15, -0.1) is 11.3 Å². The van der Waals surface area contributed by atoms with Gasteiger partial charge in [0.15, 0.2) is 0 Å². The molecule has 1 amide bonds. The van der Waals surface area contributed by atoms with E-state index in [-0.39, 0.29) is 28.8 Å². The SMILES string of the molecule is Cn1cc(-c2ccc(S(=O)(=O)N3CC(=O)N(c4cc(-c5ccccc5)sc4C(=O)O)[C@H](C4CCCCC4)C3)cn2)cn1. The smallest absolute Gasteiger partial charge is 0.348 e. The number of nitrogens with zero attached hydrogens (tertiary/aromatic N) is 5. The second-order valence-electron chi connectivity index (χ2n) is 10.8. The maximum Gasteiger partial charge on any atom is 0.348 e. The number of thiophene rings is 1. The Morgan fingerprint density at radius 3 is 2.43 bits per heavy atom. The molecule has 3 aromatic heterocycles. The Bertz CT molecular complexity index is 1710. The second-order valence-corrected chi connectivity index (χ2v) is 13.8. The van der Waals surface area contributed by atoms with Crippen LogP contribution in [-0.4, -0.2) is 63.6 Å². The number of amides is 1. The summed E-state index contributed by atoms with van der Waals surface area (Å²) in [5.41, 5.74) is 2.56. The molecule has 1 aromatic carbocycles. The highest BCUT2D eigenvalue weighted by molar-refractivity contribution is 7.89. The van der Waals surface area contributed by atoms with Crippen LogP contribution in [0.3, 0.4) is 0 Å². The first-order valence-corrected chi connectivity index (χ1v) is 16.2. The molecule has 1 aliphatic heterocycles. The van der Waals surface area contributed by atoms with Gasteiger partial charge >= 0.3 is 5.97 Å². The molecule has 42 heavy (non-hydrogen) atoms. The number of anilines is 1. The number of aryl methyl sites for hydroxylation is 1. The number of hydrogen-bond acceptors (Lipinski definition) is 7. The van der Waals surface area contributed by atoms with Gasteiger partial charge in [0.25, 0.3) is 0 Å². The lowest BCUT2D eigenvalue weighted by Crippen LogP contribution is -2.60. The van der Waals surface area contributed by atoms with Crippen LogP contribution in [-0.2, 0) is 21.9 Å². The zero-order valence-electron chi connectivity index (χ0n) is 23.1. The van der Waals surface area contributed by atoms with E-state index >= 15 is 0 Å².